The number of fused-ring (bicyclic) bond motifs is 1. The third kappa shape index (κ3) is 4.06. The first-order valence-corrected chi connectivity index (χ1v) is 11.6. The zero-order chi connectivity index (χ0) is 16.5. The van der Waals surface area contributed by atoms with Crippen LogP contribution in [0.25, 0.3) is 11.2 Å². The lowest BCUT2D eigenvalue weighted by Gasteiger charge is -2.15. The molecule has 0 amide bonds. The van der Waals surface area contributed by atoms with Crippen LogP contribution in [0.4, 0.5) is 0 Å². The average Bonchev–Trinajstić information content (AvgIpc) is 2.73. The fourth-order valence-electron chi connectivity index (χ4n) is 1.84. The number of aromatic carboxylic acids is 1. The summed E-state index contributed by atoms with van der Waals surface area (Å²) in [6.45, 7) is 7.67. The second-order valence-corrected chi connectivity index (χ2v) is 12.9. The Kier molecular flexibility index (Phi) is 5.26. The van der Waals surface area contributed by atoms with Crippen LogP contribution < -0.4 is 0 Å². The molecular weight excluding hydrogens is 390 g/mol. The molecule has 1 N–H and O–H groups in total. The van der Waals surface area contributed by atoms with Gasteiger partial charge in [0, 0.05) is 20.9 Å². The molecule has 0 unspecified atom stereocenters. The molecule has 0 aliphatic heterocycles. The Bertz CT molecular complexity index is 715. The predicted octanol–water partition coefficient (Wildman–Crippen LogP) is 3.86. The SMILES string of the molecule is C[Si](C)(C)CCOCn1cc(C(=O)O)c2nc(Br)c(Cl)nc21. The lowest BCUT2D eigenvalue weighted by molar-refractivity contribution is 0.0696. The van der Waals surface area contributed by atoms with Crippen LogP contribution in [0.2, 0.25) is 30.8 Å². The minimum Gasteiger partial charge on any atom is -0.478 e. The van der Waals surface area contributed by atoms with Crippen molar-refractivity contribution < 1.29 is 14.6 Å². The quantitative estimate of drug-likeness (QED) is 0.582. The number of hydrogen-bond donors (Lipinski definition) is 1. The minimum absolute atomic E-state index is 0.0775. The summed E-state index contributed by atoms with van der Waals surface area (Å²) in [6.07, 6.45) is 1.48. The first kappa shape index (κ1) is 17.4. The van der Waals surface area contributed by atoms with E-state index in [9.17, 15) is 9.90 Å². The van der Waals surface area contributed by atoms with Crippen LogP contribution in [0.1, 0.15) is 10.4 Å². The molecule has 0 radical (unpaired) electrons. The van der Waals surface area contributed by atoms with E-state index in [0.29, 0.717) is 16.9 Å². The molecule has 120 valence electrons. The van der Waals surface area contributed by atoms with Gasteiger partial charge in [-0.2, -0.15) is 0 Å². The van der Waals surface area contributed by atoms with Gasteiger partial charge in [-0.1, -0.05) is 31.2 Å². The fourth-order valence-corrected chi connectivity index (χ4v) is 2.99. The number of rotatable bonds is 6. The molecule has 2 aromatic heterocycles. The van der Waals surface area contributed by atoms with Crippen molar-refractivity contribution in [3.8, 4) is 0 Å². The van der Waals surface area contributed by atoms with Crippen LogP contribution >= 0.6 is 27.5 Å². The average molecular weight is 407 g/mol. The Morgan fingerprint density at radius 3 is 2.73 bits per heavy atom. The molecule has 0 aromatic carbocycles. The summed E-state index contributed by atoms with van der Waals surface area (Å²) < 4.78 is 7.59. The summed E-state index contributed by atoms with van der Waals surface area (Å²) >= 11 is 9.11. The molecule has 0 saturated heterocycles. The van der Waals surface area contributed by atoms with Gasteiger partial charge >= 0.3 is 5.97 Å². The van der Waals surface area contributed by atoms with Crippen molar-refractivity contribution in [3.05, 3.63) is 21.5 Å². The van der Waals surface area contributed by atoms with Crippen molar-refractivity contribution in [1.29, 1.82) is 0 Å². The van der Waals surface area contributed by atoms with E-state index in [0.717, 1.165) is 6.04 Å². The zero-order valence-corrected chi connectivity index (χ0v) is 15.9. The van der Waals surface area contributed by atoms with E-state index in [1.807, 2.05) is 0 Å². The fraction of sp³-hybridized carbons (Fsp3) is 0.462. The Morgan fingerprint density at radius 2 is 2.14 bits per heavy atom. The van der Waals surface area contributed by atoms with Gasteiger partial charge in [-0.15, -0.1) is 0 Å². The van der Waals surface area contributed by atoms with Crippen LogP contribution in [0.5, 0.6) is 0 Å². The third-order valence-electron chi connectivity index (χ3n) is 3.07. The number of carbonyl (C=O) groups is 1. The van der Waals surface area contributed by atoms with E-state index in [-0.39, 0.29) is 23.0 Å². The Morgan fingerprint density at radius 1 is 1.45 bits per heavy atom. The van der Waals surface area contributed by atoms with Crippen LogP contribution in [-0.4, -0.2) is 40.3 Å². The van der Waals surface area contributed by atoms with Gasteiger partial charge in [0.05, 0.1) is 0 Å². The van der Waals surface area contributed by atoms with Gasteiger partial charge in [0.25, 0.3) is 0 Å². The molecule has 0 aliphatic rings. The second kappa shape index (κ2) is 6.65. The first-order valence-electron chi connectivity index (χ1n) is 6.72. The zero-order valence-electron chi connectivity index (χ0n) is 12.6. The molecule has 0 bridgehead atoms. The smallest absolute Gasteiger partial charge is 0.339 e. The highest BCUT2D eigenvalue weighted by Gasteiger charge is 2.19. The van der Waals surface area contributed by atoms with Crippen LogP contribution in [0.15, 0.2) is 10.8 Å². The Balaban J connectivity index is 2.26. The van der Waals surface area contributed by atoms with Crippen LogP contribution in [0.3, 0.4) is 0 Å². The monoisotopic (exact) mass is 405 g/mol. The number of carboxylic acid groups (broad SMARTS) is 1. The van der Waals surface area contributed by atoms with Crippen molar-refractivity contribution >= 4 is 52.7 Å². The Labute approximate surface area is 142 Å². The molecule has 0 fully saturated rings. The van der Waals surface area contributed by atoms with Crippen molar-refractivity contribution in [1.82, 2.24) is 14.5 Å². The molecular formula is C13H17BrClN3O3Si. The summed E-state index contributed by atoms with van der Waals surface area (Å²) in [5.74, 6) is -1.06. The number of nitrogens with zero attached hydrogens (tertiary/aromatic N) is 3. The minimum atomic E-state index is -1.16. The topological polar surface area (TPSA) is 77.2 Å². The summed E-state index contributed by atoms with van der Waals surface area (Å²) in [5, 5.41) is 9.46. The lowest BCUT2D eigenvalue weighted by Crippen LogP contribution is -2.22. The molecule has 2 rings (SSSR count). The number of carboxylic acids is 1. The maximum absolute atomic E-state index is 11.3. The van der Waals surface area contributed by atoms with E-state index >= 15 is 0 Å². The Hall–Kier alpha value is -0.963. The van der Waals surface area contributed by atoms with Gasteiger partial charge in [-0.05, 0) is 22.0 Å². The second-order valence-electron chi connectivity index (χ2n) is 6.14. The lowest BCUT2D eigenvalue weighted by atomic mass is 10.3. The number of aromatic nitrogens is 3. The van der Waals surface area contributed by atoms with E-state index in [4.69, 9.17) is 16.3 Å². The summed E-state index contributed by atoms with van der Waals surface area (Å²) in [7, 11) is -1.16. The maximum Gasteiger partial charge on any atom is 0.339 e. The summed E-state index contributed by atoms with van der Waals surface area (Å²) in [5.41, 5.74) is 0.768. The van der Waals surface area contributed by atoms with Crippen LogP contribution in [-0.2, 0) is 11.5 Å². The summed E-state index contributed by atoms with van der Waals surface area (Å²) in [6, 6.07) is 1.04. The molecule has 0 aliphatic carbocycles. The first-order chi connectivity index (χ1) is 10.2. The van der Waals surface area contributed by atoms with Gasteiger partial charge in [-0.25, -0.2) is 14.8 Å². The van der Waals surface area contributed by atoms with Gasteiger partial charge < -0.3 is 14.4 Å². The predicted molar refractivity (Wildman–Crippen MR) is 91.3 cm³/mol. The maximum atomic E-state index is 11.3. The largest absolute Gasteiger partial charge is 0.478 e. The molecule has 2 heterocycles. The van der Waals surface area contributed by atoms with E-state index in [2.05, 4.69) is 45.5 Å². The van der Waals surface area contributed by atoms with Crippen molar-refractivity contribution in [3.63, 3.8) is 0 Å². The molecule has 0 atom stereocenters. The van der Waals surface area contributed by atoms with Crippen LogP contribution in [0, 0.1) is 0 Å². The van der Waals surface area contributed by atoms with Gasteiger partial charge in [-0.3, -0.25) is 0 Å². The third-order valence-corrected chi connectivity index (χ3v) is 5.81. The molecule has 2 aromatic rings. The summed E-state index contributed by atoms with van der Waals surface area (Å²) in [4.78, 5) is 19.7. The number of halogens is 2. The molecule has 9 heteroatoms. The normalized spacial score (nSPS) is 12.0. The molecule has 0 saturated carbocycles. The molecule has 22 heavy (non-hydrogen) atoms. The van der Waals surface area contributed by atoms with Crippen molar-refractivity contribution in [2.24, 2.45) is 0 Å². The number of hydrogen-bond acceptors (Lipinski definition) is 4. The van der Waals surface area contributed by atoms with Gasteiger partial charge in [0.15, 0.2) is 10.8 Å². The van der Waals surface area contributed by atoms with Crippen molar-refractivity contribution in [2.45, 2.75) is 32.4 Å². The van der Waals surface area contributed by atoms with Gasteiger partial charge in [0.1, 0.15) is 22.4 Å². The highest BCUT2D eigenvalue weighted by molar-refractivity contribution is 9.10. The number of ether oxygens (including phenoxy) is 1. The standard InChI is InChI=1S/C13H17BrClN3O3Si/c1-22(2,3)5-4-21-7-18-6-8(13(19)20)9-12(18)17-11(15)10(14)16-9/h6H,4-5,7H2,1-3H3,(H,19,20). The van der Waals surface area contributed by atoms with E-state index in [1.54, 1.807) is 4.57 Å². The highest BCUT2D eigenvalue weighted by Crippen LogP contribution is 2.25. The van der Waals surface area contributed by atoms with E-state index in [1.165, 1.54) is 6.20 Å². The van der Waals surface area contributed by atoms with E-state index < -0.39 is 14.0 Å². The van der Waals surface area contributed by atoms with Gasteiger partial charge in [0.2, 0.25) is 0 Å². The molecule has 6 nitrogen and oxygen atoms in total. The highest BCUT2D eigenvalue weighted by atomic mass is 79.9. The molecule has 0 spiro atoms. The van der Waals surface area contributed by atoms with Crippen molar-refractivity contribution in [2.75, 3.05) is 6.61 Å².